The van der Waals surface area contributed by atoms with Crippen molar-refractivity contribution in [3.05, 3.63) is 27.8 Å². The van der Waals surface area contributed by atoms with E-state index in [1.54, 1.807) is 0 Å². The van der Waals surface area contributed by atoms with Gasteiger partial charge in [0.25, 0.3) is 0 Å². The first-order chi connectivity index (χ1) is 11.5. The lowest BCUT2D eigenvalue weighted by Gasteiger charge is -2.13. The molecule has 0 saturated heterocycles. The molecule has 1 aromatic heterocycles. The van der Waals surface area contributed by atoms with Gasteiger partial charge in [-0.3, -0.25) is 14.1 Å². The van der Waals surface area contributed by atoms with Crippen molar-refractivity contribution in [1.82, 2.24) is 0 Å². The molecule has 0 aliphatic heterocycles. The molecule has 11 nitrogen and oxygen atoms in total. The molecule has 1 unspecified atom stereocenters. The molecule has 132 valence electrons. The number of hydrogen-bond acceptors (Lipinski definition) is 9. The van der Waals surface area contributed by atoms with Gasteiger partial charge in [-0.25, -0.2) is 4.79 Å². The highest BCUT2D eigenvalue weighted by Gasteiger charge is 2.40. The number of phenolic OH excluding ortho intramolecular Hbond substituents is 2. The average molecular weight is 372 g/mol. The number of carbonyl (C=O) groups is 2. The topological polar surface area (TPSA) is 189 Å². The molecular weight excluding hydrogens is 364 g/mol. The van der Waals surface area contributed by atoms with E-state index < -0.39 is 73.9 Å². The maximum absolute atomic E-state index is 12.0. The second-order valence-electron chi connectivity index (χ2n) is 5.16. The van der Waals surface area contributed by atoms with Crippen LogP contribution in [-0.4, -0.2) is 40.0 Å². The minimum Gasteiger partial charge on any atom is -0.504 e. The summed E-state index contributed by atoms with van der Waals surface area (Å²) < 4.78 is 39.3. The summed E-state index contributed by atoms with van der Waals surface area (Å²) in [5, 5.41) is 28.2. The van der Waals surface area contributed by atoms with Crippen LogP contribution in [0.5, 0.6) is 17.2 Å². The lowest BCUT2D eigenvalue weighted by atomic mass is 9.96. The molecule has 1 heterocycles. The highest BCUT2D eigenvalue weighted by Crippen LogP contribution is 2.47. The summed E-state index contributed by atoms with van der Waals surface area (Å²) >= 11 is 0. The van der Waals surface area contributed by atoms with Crippen LogP contribution < -0.4 is 9.81 Å². The predicted molar refractivity (Wildman–Crippen MR) is 77.3 cm³/mol. The summed E-state index contributed by atoms with van der Waals surface area (Å²) in [6, 6.07) is 0.656. The first-order valence-electron chi connectivity index (χ1n) is 6.49. The Hall–Kier alpha value is -3.12. The molecule has 1 aromatic carbocycles. The zero-order valence-electron chi connectivity index (χ0n) is 11.9. The lowest BCUT2D eigenvalue weighted by molar-refractivity contribution is -0.138. The molecule has 0 fully saturated rings. The fraction of sp³-hybridized carbons (Fsp3) is 0.154. The zero-order valence-corrected chi connectivity index (χ0v) is 12.7. The summed E-state index contributed by atoms with van der Waals surface area (Å²) in [6.07, 6.45) is -0.540. The van der Waals surface area contributed by atoms with Gasteiger partial charge in [0.1, 0.15) is 0 Å². The van der Waals surface area contributed by atoms with Gasteiger partial charge in [0.05, 0.1) is 11.3 Å². The Kier molecular flexibility index (Phi) is 3.47. The number of carbonyl (C=O) groups excluding carboxylic acids is 1. The van der Waals surface area contributed by atoms with Crippen molar-refractivity contribution in [3.63, 3.8) is 0 Å². The summed E-state index contributed by atoms with van der Waals surface area (Å²) in [4.78, 5) is 35.2. The van der Waals surface area contributed by atoms with Gasteiger partial charge in [0, 0.05) is 17.4 Å². The number of Topliss-reactive ketones (excluding diaryl/α,β-unsaturated/α-hetero) is 1. The van der Waals surface area contributed by atoms with Gasteiger partial charge in [0.15, 0.2) is 23.0 Å². The van der Waals surface area contributed by atoms with E-state index in [1.165, 1.54) is 0 Å². The Labute approximate surface area is 137 Å². The first-order valence-corrected chi connectivity index (χ1v) is 7.86. The Balaban J connectivity index is 2.49. The van der Waals surface area contributed by atoms with Gasteiger partial charge in [-0.05, 0) is 6.07 Å². The van der Waals surface area contributed by atoms with Crippen molar-refractivity contribution < 1.29 is 46.5 Å². The van der Waals surface area contributed by atoms with Crippen LogP contribution in [0.25, 0.3) is 10.8 Å². The normalized spacial score (nSPS) is 16.8. The molecule has 0 spiro atoms. The number of benzene rings is 1. The minimum atomic E-state index is -5.16. The van der Waals surface area contributed by atoms with Gasteiger partial charge in [-0.2, -0.15) is 8.42 Å². The summed E-state index contributed by atoms with van der Waals surface area (Å²) in [7, 11) is -5.16. The van der Waals surface area contributed by atoms with Gasteiger partial charge < -0.3 is 23.9 Å². The van der Waals surface area contributed by atoms with Crippen LogP contribution in [0.4, 0.5) is 0 Å². The molecule has 0 amide bonds. The second-order valence-corrected chi connectivity index (χ2v) is 6.18. The van der Waals surface area contributed by atoms with Crippen LogP contribution in [0, 0.1) is 0 Å². The number of ketones is 1. The smallest absolute Gasteiger partial charge is 0.446 e. The molecule has 2 aromatic rings. The number of aliphatic carboxylic acids is 1. The van der Waals surface area contributed by atoms with Crippen LogP contribution in [0.1, 0.15) is 28.5 Å². The number of phenols is 2. The quantitative estimate of drug-likeness (QED) is 0.536. The second kappa shape index (κ2) is 5.19. The Morgan fingerprint density at radius 3 is 2.48 bits per heavy atom. The molecule has 1 atom stereocenters. The fourth-order valence-corrected chi connectivity index (χ4v) is 3.08. The summed E-state index contributed by atoms with van der Waals surface area (Å²) in [6.45, 7) is 0. The highest BCUT2D eigenvalue weighted by atomic mass is 32.3. The lowest BCUT2D eigenvalue weighted by Crippen LogP contribution is -2.12. The first kappa shape index (κ1) is 16.7. The number of hydrogen-bond donors (Lipinski definition) is 4. The molecule has 0 bridgehead atoms. The fourth-order valence-electron chi connectivity index (χ4n) is 2.70. The third kappa shape index (κ3) is 2.56. The van der Waals surface area contributed by atoms with E-state index >= 15 is 0 Å². The number of fused-ring (bicyclic) bond motifs is 3. The maximum atomic E-state index is 12.0. The minimum absolute atomic E-state index is 0.357. The van der Waals surface area contributed by atoms with Crippen molar-refractivity contribution in [2.24, 2.45) is 0 Å². The Morgan fingerprint density at radius 2 is 1.92 bits per heavy atom. The van der Waals surface area contributed by atoms with Crippen LogP contribution in [-0.2, 0) is 15.2 Å². The van der Waals surface area contributed by atoms with Crippen molar-refractivity contribution >= 4 is 32.9 Å². The predicted octanol–water partition coefficient (Wildman–Crippen LogP) is 0.140. The molecular formula is C13H8O11S. The number of carboxylic acid groups (broad SMARTS) is 1. The van der Waals surface area contributed by atoms with E-state index in [0.29, 0.717) is 6.07 Å². The number of carboxylic acids is 1. The molecule has 12 heteroatoms. The number of aromatic hydroxyl groups is 2. The average Bonchev–Trinajstić information content (AvgIpc) is 2.80. The summed E-state index contributed by atoms with van der Waals surface area (Å²) in [5.74, 6) is -7.62. The van der Waals surface area contributed by atoms with E-state index in [4.69, 9.17) is 8.97 Å². The summed E-state index contributed by atoms with van der Waals surface area (Å²) in [5.41, 5.74) is -1.53. The van der Waals surface area contributed by atoms with Crippen molar-refractivity contribution in [2.75, 3.05) is 0 Å². The molecule has 1 aliphatic rings. The van der Waals surface area contributed by atoms with E-state index in [-0.39, 0.29) is 5.56 Å². The number of rotatable bonds is 3. The van der Waals surface area contributed by atoms with Crippen LogP contribution in [0.15, 0.2) is 15.3 Å². The van der Waals surface area contributed by atoms with E-state index in [0.717, 1.165) is 0 Å². The maximum Gasteiger partial charge on any atom is 0.446 e. The van der Waals surface area contributed by atoms with Crippen LogP contribution in [0.2, 0.25) is 0 Å². The SMILES string of the molecule is O=C1CC(C(=O)O)c2c1oc(=O)c1cc(O)c(OS(=O)(=O)O)c(O)c21. The molecule has 3 rings (SSSR count). The molecule has 4 N–H and O–H groups in total. The van der Waals surface area contributed by atoms with E-state index in [1.807, 2.05) is 0 Å². The standard InChI is InChI=1S/C13H8O11S/c14-5-1-3(12(17)18)8-7-4(13(19)23-10(5)8)2-6(15)11(9(7)16)24-25(20,21)22/h2-3,15-16H,1H2,(H,17,18)(H,20,21,22). The zero-order chi connectivity index (χ0) is 18.7. The van der Waals surface area contributed by atoms with Gasteiger partial charge in [-0.1, -0.05) is 0 Å². The highest BCUT2D eigenvalue weighted by molar-refractivity contribution is 7.81. The largest absolute Gasteiger partial charge is 0.504 e. The molecule has 25 heavy (non-hydrogen) atoms. The molecule has 0 radical (unpaired) electrons. The van der Waals surface area contributed by atoms with Crippen molar-refractivity contribution in [2.45, 2.75) is 12.3 Å². The monoisotopic (exact) mass is 372 g/mol. The van der Waals surface area contributed by atoms with Crippen LogP contribution in [0.3, 0.4) is 0 Å². The Morgan fingerprint density at radius 1 is 1.28 bits per heavy atom. The van der Waals surface area contributed by atoms with Crippen LogP contribution >= 0.6 is 0 Å². The molecule has 0 saturated carbocycles. The Bertz CT molecular complexity index is 1110. The van der Waals surface area contributed by atoms with E-state index in [9.17, 15) is 38.1 Å². The van der Waals surface area contributed by atoms with Crippen molar-refractivity contribution in [3.8, 4) is 17.2 Å². The van der Waals surface area contributed by atoms with Crippen molar-refractivity contribution in [1.29, 1.82) is 0 Å². The van der Waals surface area contributed by atoms with Gasteiger partial charge in [-0.15, -0.1) is 0 Å². The third-order valence-electron chi connectivity index (χ3n) is 3.64. The van der Waals surface area contributed by atoms with Gasteiger partial charge in [0.2, 0.25) is 5.75 Å². The van der Waals surface area contributed by atoms with E-state index in [2.05, 4.69) is 4.18 Å². The third-order valence-corrected chi connectivity index (χ3v) is 4.02. The van der Waals surface area contributed by atoms with Gasteiger partial charge >= 0.3 is 22.0 Å². The molecule has 1 aliphatic carbocycles.